The molecular formula is C34H32N2. The lowest BCUT2D eigenvalue weighted by atomic mass is 9.99. The molecule has 0 fully saturated rings. The Morgan fingerprint density at radius 2 is 1.50 bits per heavy atom. The zero-order valence-electron chi connectivity index (χ0n) is 21.0. The van der Waals surface area contributed by atoms with E-state index in [2.05, 4.69) is 139 Å². The molecule has 1 unspecified atom stereocenters. The van der Waals surface area contributed by atoms with E-state index in [1.54, 1.807) is 0 Å². The standard InChI is InChI=1S/C34H32N2/c1-24(2)21-25-13-19-33-31(22-25)32-23-27(16-20-34(32)36(33)30-11-7-4-8-12-30)26-14-17-29(18-15-26)35-28-9-5-3-6-10-28/h3-9,11-20,22-24,28,35H,10,21H2,1-2H3. The molecule has 6 rings (SSSR count). The number of allylic oxidation sites excluding steroid dienone is 2. The van der Waals surface area contributed by atoms with Gasteiger partial charge in [-0.25, -0.2) is 0 Å². The summed E-state index contributed by atoms with van der Waals surface area (Å²) in [4.78, 5) is 0. The molecule has 0 aliphatic heterocycles. The van der Waals surface area contributed by atoms with Crippen molar-refractivity contribution in [1.29, 1.82) is 0 Å². The van der Waals surface area contributed by atoms with E-state index in [1.165, 1.54) is 44.2 Å². The van der Waals surface area contributed by atoms with Gasteiger partial charge in [0.15, 0.2) is 0 Å². The van der Waals surface area contributed by atoms with E-state index in [0.29, 0.717) is 12.0 Å². The van der Waals surface area contributed by atoms with Gasteiger partial charge < -0.3 is 9.88 Å². The number of nitrogens with zero attached hydrogens (tertiary/aromatic N) is 1. The summed E-state index contributed by atoms with van der Waals surface area (Å²) in [7, 11) is 0. The van der Waals surface area contributed by atoms with Gasteiger partial charge in [0.2, 0.25) is 0 Å². The van der Waals surface area contributed by atoms with E-state index in [1.807, 2.05) is 0 Å². The lowest BCUT2D eigenvalue weighted by Crippen LogP contribution is -2.16. The van der Waals surface area contributed by atoms with Gasteiger partial charge in [0, 0.05) is 28.2 Å². The summed E-state index contributed by atoms with van der Waals surface area (Å²) < 4.78 is 2.40. The van der Waals surface area contributed by atoms with Crippen LogP contribution in [0, 0.1) is 5.92 Å². The van der Waals surface area contributed by atoms with Crippen LogP contribution in [0.2, 0.25) is 0 Å². The van der Waals surface area contributed by atoms with Crippen LogP contribution in [-0.4, -0.2) is 10.6 Å². The second-order valence-electron chi connectivity index (χ2n) is 10.2. The number of hydrogen-bond acceptors (Lipinski definition) is 1. The van der Waals surface area contributed by atoms with Gasteiger partial charge in [-0.1, -0.05) is 80.6 Å². The van der Waals surface area contributed by atoms with Gasteiger partial charge in [-0.05, 0) is 84.0 Å². The number of fused-ring (bicyclic) bond motifs is 3. The van der Waals surface area contributed by atoms with E-state index < -0.39 is 0 Å². The number of hydrogen-bond donors (Lipinski definition) is 1. The van der Waals surface area contributed by atoms with E-state index in [4.69, 9.17) is 0 Å². The molecule has 1 heterocycles. The quantitative estimate of drug-likeness (QED) is 0.263. The summed E-state index contributed by atoms with van der Waals surface area (Å²) in [5.74, 6) is 0.632. The van der Waals surface area contributed by atoms with Crippen molar-refractivity contribution in [3.05, 3.63) is 121 Å². The highest BCUT2D eigenvalue weighted by Gasteiger charge is 2.14. The Morgan fingerprint density at radius 1 is 0.778 bits per heavy atom. The predicted molar refractivity (Wildman–Crippen MR) is 155 cm³/mol. The van der Waals surface area contributed by atoms with E-state index in [0.717, 1.165) is 18.5 Å². The molecule has 4 aromatic carbocycles. The molecule has 0 bridgehead atoms. The minimum Gasteiger partial charge on any atom is -0.379 e. The molecule has 0 saturated heterocycles. The molecule has 2 nitrogen and oxygen atoms in total. The molecule has 1 aliphatic rings. The highest BCUT2D eigenvalue weighted by Crippen LogP contribution is 2.36. The summed E-state index contributed by atoms with van der Waals surface area (Å²) >= 11 is 0. The van der Waals surface area contributed by atoms with Crippen molar-refractivity contribution < 1.29 is 0 Å². The molecule has 0 spiro atoms. The van der Waals surface area contributed by atoms with Gasteiger partial charge in [-0.15, -0.1) is 0 Å². The number of benzene rings is 4. The maximum absolute atomic E-state index is 3.62. The highest BCUT2D eigenvalue weighted by molar-refractivity contribution is 6.10. The molecule has 0 radical (unpaired) electrons. The van der Waals surface area contributed by atoms with Crippen molar-refractivity contribution in [1.82, 2.24) is 4.57 Å². The molecule has 0 amide bonds. The Bertz CT molecular complexity index is 1570. The zero-order valence-corrected chi connectivity index (χ0v) is 21.0. The Hall–Kier alpha value is -4.04. The smallest absolute Gasteiger partial charge is 0.0541 e. The van der Waals surface area contributed by atoms with Crippen LogP contribution in [-0.2, 0) is 6.42 Å². The van der Waals surface area contributed by atoms with Gasteiger partial charge in [-0.3, -0.25) is 0 Å². The van der Waals surface area contributed by atoms with Gasteiger partial charge >= 0.3 is 0 Å². The summed E-state index contributed by atoms with van der Waals surface area (Å²) in [6, 6.07) is 33.8. The molecule has 36 heavy (non-hydrogen) atoms. The Morgan fingerprint density at radius 3 is 2.22 bits per heavy atom. The minimum atomic E-state index is 0.362. The van der Waals surface area contributed by atoms with Crippen molar-refractivity contribution in [2.24, 2.45) is 5.92 Å². The van der Waals surface area contributed by atoms with Crippen molar-refractivity contribution >= 4 is 27.5 Å². The normalized spacial score (nSPS) is 15.2. The van der Waals surface area contributed by atoms with Crippen LogP contribution < -0.4 is 5.32 Å². The fourth-order valence-corrected chi connectivity index (χ4v) is 5.36. The van der Waals surface area contributed by atoms with Gasteiger partial charge in [-0.2, -0.15) is 0 Å². The fourth-order valence-electron chi connectivity index (χ4n) is 5.36. The molecule has 1 aliphatic carbocycles. The van der Waals surface area contributed by atoms with Gasteiger partial charge in [0.1, 0.15) is 0 Å². The van der Waals surface area contributed by atoms with Crippen molar-refractivity contribution in [3.8, 4) is 16.8 Å². The van der Waals surface area contributed by atoms with Crippen LogP contribution in [0.25, 0.3) is 38.6 Å². The SMILES string of the molecule is CC(C)Cc1ccc2c(c1)c1cc(-c3ccc(NC4C=CC=CC4)cc3)ccc1n2-c1ccccc1. The first kappa shape index (κ1) is 22.4. The van der Waals surface area contributed by atoms with E-state index in [-0.39, 0.29) is 0 Å². The molecule has 178 valence electrons. The number of aromatic nitrogens is 1. The Balaban J connectivity index is 1.43. The summed E-state index contributed by atoms with van der Waals surface area (Å²) in [6.45, 7) is 4.57. The largest absolute Gasteiger partial charge is 0.379 e. The summed E-state index contributed by atoms with van der Waals surface area (Å²) in [5, 5.41) is 6.24. The van der Waals surface area contributed by atoms with Crippen molar-refractivity contribution in [2.75, 3.05) is 5.32 Å². The average Bonchev–Trinajstić information content (AvgIpc) is 3.23. The lowest BCUT2D eigenvalue weighted by Gasteiger charge is -2.16. The summed E-state index contributed by atoms with van der Waals surface area (Å²) in [6.07, 6.45) is 10.8. The average molecular weight is 469 g/mol. The van der Waals surface area contributed by atoms with Crippen molar-refractivity contribution in [3.63, 3.8) is 0 Å². The first-order valence-electron chi connectivity index (χ1n) is 13.0. The molecule has 5 aromatic rings. The minimum absolute atomic E-state index is 0.362. The van der Waals surface area contributed by atoms with Crippen LogP contribution in [0.15, 0.2) is 115 Å². The maximum Gasteiger partial charge on any atom is 0.0541 e. The van der Waals surface area contributed by atoms with Crippen LogP contribution in [0.3, 0.4) is 0 Å². The third-order valence-electron chi connectivity index (χ3n) is 7.04. The predicted octanol–water partition coefficient (Wildman–Crippen LogP) is 8.95. The highest BCUT2D eigenvalue weighted by atomic mass is 15.0. The van der Waals surface area contributed by atoms with Crippen LogP contribution in [0.4, 0.5) is 5.69 Å². The second kappa shape index (κ2) is 9.54. The lowest BCUT2D eigenvalue weighted by molar-refractivity contribution is 0.648. The number of anilines is 1. The topological polar surface area (TPSA) is 17.0 Å². The molecule has 0 saturated carbocycles. The third-order valence-corrected chi connectivity index (χ3v) is 7.04. The van der Waals surface area contributed by atoms with E-state index in [9.17, 15) is 0 Å². The monoisotopic (exact) mass is 468 g/mol. The molecule has 1 atom stereocenters. The number of rotatable bonds is 6. The fraction of sp³-hybridized carbons (Fsp3) is 0.176. The van der Waals surface area contributed by atoms with Gasteiger partial charge in [0.05, 0.1) is 11.0 Å². The first-order valence-corrected chi connectivity index (χ1v) is 13.0. The zero-order chi connectivity index (χ0) is 24.5. The number of para-hydroxylation sites is 1. The van der Waals surface area contributed by atoms with Crippen LogP contribution in [0.5, 0.6) is 0 Å². The van der Waals surface area contributed by atoms with Crippen LogP contribution >= 0.6 is 0 Å². The summed E-state index contributed by atoms with van der Waals surface area (Å²) in [5.41, 5.74) is 8.74. The number of nitrogens with one attached hydrogen (secondary N) is 1. The molecule has 2 heteroatoms. The Labute approximate surface area is 213 Å². The van der Waals surface area contributed by atoms with E-state index >= 15 is 0 Å². The third kappa shape index (κ3) is 4.35. The maximum atomic E-state index is 3.62. The van der Waals surface area contributed by atoms with Crippen molar-refractivity contribution in [2.45, 2.75) is 32.7 Å². The first-order chi connectivity index (χ1) is 17.7. The molecule has 1 N–H and O–H groups in total. The second-order valence-corrected chi connectivity index (χ2v) is 10.2. The molecular weight excluding hydrogens is 436 g/mol. The molecule has 1 aromatic heterocycles. The van der Waals surface area contributed by atoms with Gasteiger partial charge in [0.25, 0.3) is 0 Å². The Kier molecular flexibility index (Phi) is 5.95. The van der Waals surface area contributed by atoms with Crippen LogP contribution in [0.1, 0.15) is 25.8 Å².